The molecule has 2 amide bonds. The molecule has 0 aromatic heterocycles. The molecule has 0 fully saturated rings. The number of amides is 2. The Morgan fingerprint density at radius 3 is 2.56 bits per heavy atom. The summed E-state index contributed by atoms with van der Waals surface area (Å²) in [7, 11) is 1.57. The fourth-order valence-electron chi connectivity index (χ4n) is 2.10. The monoisotopic (exact) mass is 371 g/mol. The molecule has 8 heteroatoms. The highest BCUT2D eigenvalue weighted by Crippen LogP contribution is 2.26. The van der Waals surface area contributed by atoms with Gasteiger partial charge in [0.05, 0.1) is 19.9 Å². The van der Waals surface area contributed by atoms with Crippen LogP contribution in [0.25, 0.3) is 0 Å². The minimum atomic E-state index is -0.886. The maximum absolute atomic E-state index is 11.8. The molecule has 3 N–H and O–H groups in total. The van der Waals surface area contributed by atoms with Crippen molar-refractivity contribution >= 4 is 18.0 Å². The lowest BCUT2D eigenvalue weighted by atomic mass is 10.2. The molecule has 0 heterocycles. The van der Waals surface area contributed by atoms with Gasteiger partial charge >= 0.3 is 11.8 Å². The van der Waals surface area contributed by atoms with Gasteiger partial charge in [-0.05, 0) is 48.4 Å². The van der Waals surface area contributed by atoms with Gasteiger partial charge in [-0.3, -0.25) is 9.59 Å². The van der Waals surface area contributed by atoms with Crippen molar-refractivity contribution in [2.75, 3.05) is 13.7 Å². The van der Waals surface area contributed by atoms with Gasteiger partial charge in [-0.25, -0.2) is 5.43 Å². The van der Waals surface area contributed by atoms with E-state index in [0.29, 0.717) is 23.7 Å². The van der Waals surface area contributed by atoms with E-state index in [2.05, 4.69) is 15.8 Å². The van der Waals surface area contributed by atoms with Crippen molar-refractivity contribution in [3.63, 3.8) is 0 Å². The summed E-state index contributed by atoms with van der Waals surface area (Å²) >= 11 is 0. The standard InChI is InChI=1S/C19H21N3O5/c1-3-27-17-10-14(6-9-16(17)23)12-21-22-19(25)18(24)20-11-13-4-7-15(26-2)8-5-13/h4-10,12,23H,3,11H2,1-2H3,(H,20,24)(H,22,25)/b21-12+. The zero-order chi connectivity index (χ0) is 19.6. The van der Waals surface area contributed by atoms with Gasteiger partial charge in [0.1, 0.15) is 5.75 Å². The van der Waals surface area contributed by atoms with Crippen molar-refractivity contribution in [2.24, 2.45) is 5.10 Å². The van der Waals surface area contributed by atoms with Crippen LogP contribution in [0.1, 0.15) is 18.1 Å². The van der Waals surface area contributed by atoms with Crippen LogP contribution in [-0.4, -0.2) is 36.9 Å². The van der Waals surface area contributed by atoms with Gasteiger partial charge in [0.2, 0.25) is 0 Å². The highest BCUT2D eigenvalue weighted by molar-refractivity contribution is 6.35. The Morgan fingerprint density at radius 2 is 1.89 bits per heavy atom. The molecule has 142 valence electrons. The van der Waals surface area contributed by atoms with E-state index in [4.69, 9.17) is 9.47 Å². The van der Waals surface area contributed by atoms with E-state index in [-0.39, 0.29) is 12.3 Å². The lowest BCUT2D eigenvalue weighted by Gasteiger charge is -2.06. The third-order valence-corrected chi connectivity index (χ3v) is 3.48. The van der Waals surface area contributed by atoms with Crippen LogP contribution in [0.2, 0.25) is 0 Å². The number of carbonyl (C=O) groups is 2. The quantitative estimate of drug-likeness (QED) is 0.389. The summed E-state index contributed by atoms with van der Waals surface area (Å²) in [6.07, 6.45) is 1.34. The molecule has 0 atom stereocenters. The van der Waals surface area contributed by atoms with Crippen molar-refractivity contribution in [3.8, 4) is 17.2 Å². The first-order valence-electron chi connectivity index (χ1n) is 8.23. The Labute approximate surface area is 156 Å². The Balaban J connectivity index is 1.84. The molecule has 0 unspecified atom stereocenters. The highest BCUT2D eigenvalue weighted by atomic mass is 16.5. The number of methoxy groups -OCH3 is 1. The van der Waals surface area contributed by atoms with Crippen LogP contribution in [0.5, 0.6) is 17.2 Å². The van der Waals surface area contributed by atoms with Crippen LogP contribution in [-0.2, 0) is 16.1 Å². The largest absolute Gasteiger partial charge is 0.504 e. The molecule has 8 nitrogen and oxygen atoms in total. The predicted molar refractivity (Wildman–Crippen MR) is 99.9 cm³/mol. The fraction of sp³-hybridized carbons (Fsp3) is 0.211. The molecule has 0 saturated heterocycles. The van der Waals surface area contributed by atoms with E-state index < -0.39 is 11.8 Å². The second-order valence-corrected chi connectivity index (χ2v) is 5.39. The average molecular weight is 371 g/mol. The first-order chi connectivity index (χ1) is 13.0. The lowest BCUT2D eigenvalue weighted by Crippen LogP contribution is -2.37. The second kappa shape index (κ2) is 9.81. The number of phenols is 1. The number of carbonyl (C=O) groups excluding carboxylic acids is 2. The van der Waals surface area contributed by atoms with Crippen molar-refractivity contribution in [1.29, 1.82) is 0 Å². The van der Waals surface area contributed by atoms with Gasteiger partial charge in [0, 0.05) is 6.54 Å². The number of phenolic OH excluding ortho intramolecular Hbond substituents is 1. The molecular weight excluding hydrogens is 350 g/mol. The van der Waals surface area contributed by atoms with Crippen molar-refractivity contribution in [2.45, 2.75) is 13.5 Å². The van der Waals surface area contributed by atoms with Crippen LogP contribution in [0.4, 0.5) is 0 Å². The van der Waals surface area contributed by atoms with Crippen molar-refractivity contribution in [1.82, 2.24) is 10.7 Å². The Kier molecular flexibility index (Phi) is 7.18. The smallest absolute Gasteiger partial charge is 0.329 e. The van der Waals surface area contributed by atoms with Crippen LogP contribution in [0.15, 0.2) is 47.6 Å². The number of ether oxygens (including phenoxy) is 2. The summed E-state index contributed by atoms with van der Waals surface area (Å²) in [6.45, 7) is 2.40. The van der Waals surface area contributed by atoms with E-state index in [9.17, 15) is 14.7 Å². The molecule has 0 aliphatic carbocycles. The van der Waals surface area contributed by atoms with Crippen LogP contribution >= 0.6 is 0 Å². The van der Waals surface area contributed by atoms with Gasteiger partial charge in [0.15, 0.2) is 11.5 Å². The first-order valence-corrected chi connectivity index (χ1v) is 8.23. The zero-order valence-electron chi connectivity index (χ0n) is 15.1. The maximum atomic E-state index is 11.8. The maximum Gasteiger partial charge on any atom is 0.329 e. The predicted octanol–water partition coefficient (Wildman–Crippen LogP) is 1.57. The molecule has 2 aromatic carbocycles. The lowest BCUT2D eigenvalue weighted by molar-refractivity contribution is -0.139. The minimum absolute atomic E-state index is 0.0101. The Bertz CT molecular complexity index is 819. The highest BCUT2D eigenvalue weighted by Gasteiger charge is 2.12. The first kappa shape index (κ1) is 19.8. The molecule has 0 aliphatic heterocycles. The topological polar surface area (TPSA) is 109 Å². The molecule has 0 spiro atoms. The van der Waals surface area contributed by atoms with E-state index in [0.717, 1.165) is 5.56 Å². The van der Waals surface area contributed by atoms with Gasteiger partial charge in [-0.2, -0.15) is 5.10 Å². The number of aromatic hydroxyl groups is 1. The number of nitrogens with zero attached hydrogens (tertiary/aromatic N) is 1. The van der Waals surface area contributed by atoms with Crippen LogP contribution in [0, 0.1) is 0 Å². The van der Waals surface area contributed by atoms with E-state index in [1.54, 1.807) is 50.4 Å². The van der Waals surface area contributed by atoms with Gasteiger partial charge in [-0.1, -0.05) is 12.1 Å². The second-order valence-electron chi connectivity index (χ2n) is 5.39. The summed E-state index contributed by atoms with van der Waals surface area (Å²) in [5.41, 5.74) is 3.57. The summed E-state index contributed by atoms with van der Waals surface area (Å²) in [6, 6.07) is 11.7. The SMILES string of the molecule is CCOc1cc(/C=N/NC(=O)C(=O)NCc2ccc(OC)cc2)ccc1O. The third-order valence-electron chi connectivity index (χ3n) is 3.48. The van der Waals surface area contributed by atoms with E-state index in [1.807, 2.05) is 0 Å². The Hall–Kier alpha value is -3.55. The van der Waals surface area contributed by atoms with E-state index in [1.165, 1.54) is 12.3 Å². The summed E-state index contributed by atoms with van der Waals surface area (Å²) in [4.78, 5) is 23.5. The molecule has 2 aromatic rings. The molecular formula is C19H21N3O5. The summed E-state index contributed by atoms with van der Waals surface area (Å²) in [5.74, 6) is -0.660. The van der Waals surface area contributed by atoms with Crippen LogP contribution < -0.4 is 20.2 Å². The number of rotatable bonds is 7. The van der Waals surface area contributed by atoms with Gasteiger partial charge < -0.3 is 19.9 Å². The number of benzene rings is 2. The van der Waals surface area contributed by atoms with Crippen molar-refractivity contribution < 1.29 is 24.2 Å². The summed E-state index contributed by atoms with van der Waals surface area (Å²) < 4.78 is 10.3. The van der Waals surface area contributed by atoms with E-state index >= 15 is 0 Å². The molecule has 0 saturated carbocycles. The van der Waals surface area contributed by atoms with Crippen molar-refractivity contribution in [3.05, 3.63) is 53.6 Å². The molecule has 2 rings (SSSR count). The van der Waals surface area contributed by atoms with Gasteiger partial charge in [-0.15, -0.1) is 0 Å². The Morgan fingerprint density at radius 1 is 1.15 bits per heavy atom. The summed E-state index contributed by atoms with van der Waals surface area (Å²) in [5, 5.41) is 15.9. The molecule has 0 bridgehead atoms. The molecule has 27 heavy (non-hydrogen) atoms. The molecule has 0 radical (unpaired) electrons. The third kappa shape index (κ3) is 6.03. The fourth-order valence-corrected chi connectivity index (χ4v) is 2.10. The number of nitrogens with one attached hydrogen (secondary N) is 2. The minimum Gasteiger partial charge on any atom is -0.504 e. The number of hydrazone groups is 1. The molecule has 0 aliphatic rings. The average Bonchev–Trinajstić information content (AvgIpc) is 2.69. The zero-order valence-corrected chi connectivity index (χ0v) is 15.1. The normalized spacial score (nSPS) is 10.4. The van der Waals surface area contributed by atoms with Gasteiger partial charge in [0.25, 0.3) is 0 Å². The number of hydrogen-bond donors (Lipinski definition) is 3. The van der Waals surface area contributed by atoms with Crippen LogP contribution in [0.3, 0.4) is 0 Å². The number of hydrogen-bond acceptors (Lipinski definition) is 6.